The van der Waals surface area contributed by atoms with Crippen molar-refractivity contribution in [3.05, 3.63) is 59.4 Å². The van der Waals surface area contributed by atoms with Gasteiger partial charge in [0.1, 0.15) is 5.75 Å². The molecule has 0 spiro atoms. The summed E-state index contributed by atoms with van der Waals surface area (Å²) in [6.45, 7) is 2.34. The van der Waals surface area contributed by atoms with Crippen molar-refractivity contribution in [3.8, 4) is 5.75 Å². The summed E-state index contributed by atoms with van der Waals surface area (Å²) in [5.74, 6) is 0.634. The van der Waals surface area contributed by atoms with Gasteiger partial charge in [0, 0.05) is 24.9 Å². The second-order valence-electron chi connectivity index (χ2n) is 4.80. The number of hydrogen-bond donors (Lipinski definition) is 2. The van der Waals surface area contributed by atoms with E-state index in [1.165, 1.54) is 0 Å². The van der Waals surface area contributed by atoms with Gasteiger partial charge in [0.15, 0.2) is 0 Å². The third kappa shape index (κ3) is 2.98. The lowest BCUT2D eigenvalue weighted by Gasteiger charge is -2.23. The highest BCUT2D eigenvalue weighted by molar-refractivity contribution is 5.39. The number of aryl methyl sites for hydroxylation is 1. The molecule has 1 heterocycles. The van der Waals surface area contributed by atoms with Gasteiger partial charge in [-0.1, -0.05) is 12.1 Å². The second kappa shape index (κ2) is 6.50. The molecule has 3 N–H and O–H groups in total. The fourth-order valence-electron chi connectivity index (χ4n) is 2.31. The van der Waals surface area contributed by atoms with Gasteiger partial charge in [-0.15, -0.1) is 0 Å². The number of pyridine rings is 1. The number of aliphatic hydroxyl groups excluding tert-OH is 1. The van der Waals surface area contributed by atoms with Crippen LogP contribution in [0.25, 0.3) is 0 Å². The van der Waals surface area contributed by atoms with Crippen LogP contribution in [0.2, 0.25) is 0 Å². The number of nitrogens with two attached hydrogens (primary N) is 1. The van der Waals surface area contributed by atoms with Gasteiger partial charge < -0.3 is 15.6 Å². The molecule has 0 fully saturated rings. The number of methoxy groups -OCH3 is 1. The highest BCUT2D eigenvalue weighted by Crippen LogP contribution is 2.32. The van der Waals surface area contributed by atoms with Crippen LogP contribution in [0, 0.1) is 6.92 Å². The Labute approximate surface area is 119 Å². The molecular weight excluding hydrogens is 252 g/mol. The maximum absolute atomic E-state index is 10.5. The SMILES string of the molecule is COc1cc(C(CN)C(O)c2ccncc2)ccc1C. The van der Waals surface area contributed by atoms with Crippen LogP contribution >= 0.6 is 0 Å². The van der Waals surface area contributed by atoms with Gasteiger partial charge in [-0.05, 0) is 41.8 Å². The van der Waals surface area contributed by atoms with E-state index in [4.69, 9.17) is 10.5 Å². The monoisotopic (exact) mass is 272 g/mol. The van der Waals surface area contributed by atoms with Crippen LogP contribution in [0.3, 0.4) is 0 Å². The predicted molar refractivity (Wildman–Crippen MR) is 78.7 cm³/mol. The largest absolute Gasteiger partial charge is 0.496 e. The van der Waals surface area contributed by atoms with Crippen LogP contribution in [-0.4, -0.2) is 23.7 Å². The average Bonchev–Trinajstić information content (AvgIpc) is 2.50. The van der Waals surface area contributed by atoms with Gasteiger partial charge in [-0.25, -0.2) is 0 Å². The Morgan fingerprint density at radius 1 is 1.20 bits per heavy atom. The Hall–Kier alpha value is -1.91. The van der Waals surface area contributed by atoms with Gasteiger partial charge in [0.05, 0.1) is 13.2 Å². The van der Waals surface area contributed by atoms with E-state index in [1.54, 1.807) is 31.6 Å². The van der Waals surface area contributed by atoms with Crippen molar-refractivity contribution in [3.63, 3.8) is 0 Å². The van der Waals surface area contributed by atoms with Crippen molar-refractivity contribution >= 4 is 0 Å². The Morgan fingerprint density at radius 3 is 2.50 bits per heavy atom. The number of aliphatic hydroxyl groups is 1. The van der Waals surface area contributed by atoms with E-state index in [2.05, 4.69) is 4.98 Å². The molecule has 0 saturated heterocycles. The molecule has 4 nitrogen and oxygen atoms in total. The van der Waals surface area contributed by atoms with Gasteiger partial charge in [-0.2, -0.15) is 0 Å². The topological polar surface area (TPSA) is 68.4 Å². The van der Waals surface area contributed by atoms with E-state index in [-0.39, 0.29) is 5.92 Å². The summed E-state index contributed by atoms with van der Waals surface area (Å²) in [5, 5.41) is 10.5. The molecule has 0 aliphatic carbocycles. The minimum absolute atomic E-state index is 0.174. The highest BCUT2D eigenvalue weighted by Gasteiger charge is 2.22. The van der Waals surface area contributed by atoms with Crippen LogP contribution < -0.4 is 10.5 Å². The zero-order chi connectivity index (χ0) is 14.5. The molecule has 2 rings (SSSR count). The van der Waals surface area contributed by atoms with Crippen molar-refractivity contribution in [1.82, 2.24) is 4.98 Å². The van der Waals surface area contributed by atoms with Crippen LogP contribution in [0.4, 0.5) is 0 Å². The molecule has 0 aliphatic rings. The number of rotatable bonds is 5. The van der Waals surface area contributed by atoms with Crippen LogP contribution in [-0.2, 0) is 0 Å². The lowest BCUT2D eigenvalue weighted by molar-refractivity contribution is 0.147. The Balaban J connectivity index is 2.32. The minimum Gasteiger partial charge on any atom is -0.496 e. The fourth-order valence-corrected chi connectivity index (χ4v) is 2.31. The third-order valence-corrected chi connectivity index (χ3v) is 3.54. The summed E-state index contributed by atoms with van der Waals surface area (Å²) < 4.78 is 5.33. The molecule has 1 aromatic carbocycles. The van der Waals surface area contributed by atoms with Crippen molar-refractivity contribution in [2.24, 2.45) is 5.73 Å². The smallest absolute Gasteiger partial charge is 0.122 e. The maximum Gasteiger partial charge on any atom is 0.122 e. The molecule has 0 bridgehead atoms. The molecule has 2 atom stereocenters. The molecule has 0 aliphatic heterocycles. The second-order valence-corrected chi connectivity index (χ2v) is 4.80. The quantitative estimate of drug-likeness (QED) is 0.875. The van der Waals surface area contributed by atoms with E-state index >= 15 is 0 Å². The van der Waals surface area contributed by atoms with Crippen LogP contribution in [0.5, 0.6) is 5.75 Å². The van der Waals surface area contributed by atoms with Gasteiger partial charge >= 0.3 is 0 Å². The first-order valence-corrected chi connectivity index (χ1v) is 6.60. The molecule has 0 saturated carbocycles. The Kier molecular flexibility index (Phi) is 4.71. The van der Waals surface area contributed by atoms with Crippen LogP contribution in [0.1, 0.15) is 28.7 Å². The maximum atomic E-state index is 10.5. The van der Waals surface area contributed by atoms with E-state index in [1.807, 2.05) is 25.1 Å². The molecule has 106 valence electrons. The molecular formula is C16H20N2O2. The van der Waals surface area contributed by atoms with E-state index in [9.17, 15) is 5.11 Å². The van der Waals surface area contributed by atoms with E-state index in [0.717, 1.165) is 22.4 Å². The van der Waals surface area contributed by atoms with Crippen molar-refractivity contribution in [1.29, 1.82) is 0 Å². The summed E-state index contributed by atoms with van der Waals surface area (Å²) in [5.41, 5.74) is 8.70. The van der Waals surface area contributed by atoms with Crippen molar-refractivity contribution in [2.75, 3.05) is 13.7 Å². The number of aromatic nitrogens is 1. The standard InChI is InChI=1S/C16H20N2O2/c1-11-3-4-13(9-15(11)20-2)14(10-17)16(19)12-5-7-18-8-6-12/h3-9,14,16,19H,10,17H2,1-2H3. The average molecular weight is 272 g/mol. The van der Waals surface area contributed by atoms with Gasteiger partial charge in [0.25, 0.3) is 0 Å². The molecule has 1 aromatic heterocycles. The van der Waals surface area contributed by atoms with E-state index < -0.39 is 6.10 Å². The normalized spacial score (nSPS) is 13.8. The highest BCUT2D eigenvalue weighted by atomic mass is 16.5. The molecule has 0 radical (unpaired) electrons. The lowest BCUT2D eigenvalue weighted by Crippen LogP contribution is -2.20. The minimum atomic E-state index is -0.657. The summed E-state index contributed by atoms with van der Waals surface area (Å²) in [6, 6.07) is 9.52. The third-order valence-electron chi connectivity index (χ3n) is 3.54. The van der Waals surface area contributed by atoms with Gasteiger partial charge in [-0.3, -0.25) is 4.98 Å². The number of hydrogen-bond acceptors (Lipinski definition) is 4. The van der Waals surface area contributed by atoms with Crippen molar-refractivity contribution < 1.29 is 9.84 Å². The summed E-state index contributed by atoms with van der Waals surface area (Å²) >= 11 is 0. The Bertz CT molecular complexity index is 558. The predicted octanol–water partition coefficient (Wildman–Crippen LogP) is 2.17. The zero-order valence-corrected chi connectivity index (χ0v) is 11.8. The molecule has 0 amide bonds. The number of benzene rings is 1. The fraction of sp³-hybridized carbons (Fsp3) is 0.312. The first-order valence-electron chi connectivity index (χ1n) is 6.60. The molecule has 2 aromatic rings. The summed E-state index contributed by atoms with van der Waals surface area (Å²) in [4.78, 5) is 3.96. The molecule has 20 heavy (non-hydrogen) atoms. The number of nitrogens with zero attached hydrogens (tertiary/aromatic N) is 1. The molecule has 2 unspecified atom stereocenters. The zero-order valence-electron chi connectivity index (χ0n) is 11.8. The van der Waals surface area contributed by atoms with Gasteiger partial charge in [0.2, 0.25) is 0 Å². The summed E-state index contributed by atoms with van der Waals surface area (Å²) in [7, 11) is 1.64. The molecule has 4 heteroatoms. The lowest BCUT2D eigenvalue weighted by atomic mass is 9.89. The van der Waals surface area contributed by atoms with E-state index in [0.29, 0.717) is 6.54 Å². The number of ether oxygens (including phenoxy) is 1. The first-order chi connectivity index (χ1) is 9.67. The van der Waals surface area contributed by atoms with Crippen molar-refractivity contribution in [2.45, 2.75) is 18.9 Å². The first kappa shape index (κ1) is 14.5. The van der Waals surface area contributed by atoms with Crippen LogP contribution in [0.15, 0.2) is 42.7 Å². The Morgan fingerprint density at radius 2 is 1.90 bits per heavy atom. The summed E-state index contributed by atoms with van der Waals surface area (Å²) in [6.07, 6.45) is 2.68.